The lowest BCUT2D eigenvalue weighted by molar-refractivity contribution is -0.117. The first-order valence-electron chi connectivity index (χ1n) is 6.55. The molecule has 108 valence electrons. The third-order valence-electron chi connectivity index (χ3n) is 3.07. The normalized spacial score (nSPS) is 17.4. The minimum Gasteiger partial charge on any atom is -0.311 e. The van der Waals surface area contributed by atoms with Crippen LogP contribution in [0.15, 0.2) is 23.5 Å². The van der Waals surface area contributed by atoms with Crippen molar-refractivity contribution in [3.63, 3.8) is 0 Å². The van der Waals surface area contributed by atoms with Crippen molar-refractivity contribution in [2.24, 2.45) is 4.99 Å². The smallest absolute Gasteiger partial charge is 0.241 e. The van der Waals surface area contributed by atoms with E-state index >= 15 is 0 Å². The molecule has 6 nitrogen and oxygen atoms in total. The molecule has 1 atom stereocenters. The zero-order valence-electron chi connectivity index (χ0n) is 11.6. The van der Waals surface area contributed by atoms with Crippen molar-refractivity contribution >= 4 is 29.4 Å². The average molecular weight is 296 g/mol. The Morgan fingerprint density at radius 3 is 3.05 bits per heavy atom. The van der Waals surface area contributed by atoms with Gasteiger partial charge in [-0.25, -0.2) is 0 Å². The number of aliphatic imine (C=N–C) groups is 1. The summed E-state index contributed by atoms with van der Waals surface area (Å²) in [5, 5.41) is 7.47. The van der Waals surface area contributed by atoms with Gasteiger partial charge < -0.3 is 10.2 Å². The van der Waals surface area contributed by atoms with Gasteiger partial charge in [0.1, 0.15) is 5.69 Å². The van der Waals surface area contributed by atoms with Gasteiger partial charge in [0, 0.05) is 19.0 Å². The summed E-state index contributed by atoms with van der Waals surface area (Å²) in [4.78, 5) is 17.8. The van der Waals surface area contributed by atoms with Crippen LogP contribution in [0.4, 0.5) is 5.69 Å². The van der Waals surface area contributed by atoms with E-state index < -0.39 is 0 Å². The molecule has 1 aliphatic rings. The molecule has 1 N–H and O–H groups in total. The van der Waals surface area contributed by atoms with Crippen LogP contribution < -0.4 is 10.2 Å². The van der Waals surface area contributed by atoms with E-state index in [1.807, 2.05) is 19.2 Å². The Hall–Kier alpha value is -1.66. The molecule has 0 aliphatic carbocycles. The molecular formula is C13H18ClN5O. The summed E-state index contributed by atoms with van der Waals surface area (Å²) in [5.41, 5.74) is 0.636. The van der Waals surface area contributed by atoms with E-state index in [0.717, 1.165) is 6.42 Å². The highest BCUT2D eigenvalue weighted by Gasteiger charge is 2.21. The Kier molecular flexibility index (Phi) is 4.92. The molecular weight excluding hydrogens is 278 g/mol. The fourth-order valence-corrected chi connectivity index (χ4v) is 2.32. The number of anilines is 1. The number of hydrogen-bond donors (Lipinski definition) is 1. The molecule has 1 unspecified atom stereocenters. The predicted molar refractivity (Wildman–Crippen MR) is 80.5 cm³/mol. The lowest BCUT2D eigenvalue weighted by atomic mass is 10.2. The molecule has 7 heteroatoms. The fraction of sp³-hybridized carbons (Fsp3) is 0.462. The highest BCUT2D eigenvalue weighted by atomic mass is 35.5. The van der Waals surface area contributed by atoms with Crippen molar-refractivity contribution in [2.45, 2.75) is 19.4 Å². The highest BCUT2D eigenvalue weighted by molar-refractivity contribution is 6.32. The molecule has 1 amide bonds. The summed E-state index contributed by atoms with van der Waals surface area (Å²) in [7, 11) is 1.74. The Balaban J connectivity index is 2.23. The number of halogens is 1. The average Bonchev–Trinajstić information content (AvgIpc) is 2.83. The molecule has 0 bridgehead atoms. The Bertz CT molecular complexity index is 537. The van der Waals surface area contributed by atoms with Gasteiger partial charge in [-0.05, 0) is 20.4 Å². The summed E-state index contributed by atoms with van der Waals surface area (Å²) in [5.74, 6) is -0.0337. The number of hydrogen-bond acceptors (Lipinski definition) is 4. The van der Waals surface area contributed by atoms with E-state index in [0.29, 0.717) is 17.4 Å². The maximum absolute atomic E-state index is 12.0. The largest absolute Gasteiger partial charge is 0.311 e. The summed E-state index contributed by atoms with van der Waals surface area (Å²) in [6, 6.07) is 0.0457. The number of nitrogens with one attached hydrogen (secondary N) is 1. The van der Waals surface area contributed by atoms with Gasteiger partial charge in [0.05, 0.1) is 18.8 Å². The van der Waals surface area contributed by atoms with Gasteiger partial charge in [-0.1, -0.05) is 17.7 Å². The van der Waals surface area contributed by atoms with Gasteiger partial charge >= 0.3 is 0 Å². The van der Waals surface area contributed by atoms with Crippen molar-refractivity contribution in [1.29, 1.82) is 0 Å². The molecule has 0 saturated heterocycles. The minimum atomic E-state index is -0.0337. The second kappa shape index (κ2) is 6.67. The molecule has 0 radical (unpaired) electrons. The van der Waals surface area contributed by atoms with Crippen LogP contribution in [-0.2, 0) is 4.79 Å². The zero-order valence-corrected chi connectivity index (χ0v) is 12.3. The van der Waals surface area contributed by atoms with Crippen molar-refractivity contribution in [1.82, 2.24) is 15.1 Å². The van der Waals surface area contributed by atoms with Crippen LogP contribution in [0.5, 0.6) is 0 Å². The molecule has 2 rings (SSSR count). The van der Waals surface area contributed by atoms with E-state index in [4.69, 9.17) is 11.6 Å². The monoisotopic (exact) mass is 295 g/mol. The van der Waals surface area contributed by atoms with E-state index in [9.17, 15) is 4.79 Å². The van der Waals surface area contributed by atoms with E-state index in [1.165, 1.54) is 0 Å². The fourth-order valence-electron chi connectivity index (χ4n) is 2.09. The predicted octanol–water partition coefficient (Wildman–Crippen LogP) is 1.64. The number of amides is 1. The third kappa shape index (κ3) is 3.08. The number of allylic oxidation sites excluding steroid dienone is 1. The van der Waals surface area contributed by atoms with Crippen LogP contribution in [0, 0.1) is 0 Å². The Labute approximate surface area is 123 Å². The molecule has 0 aromatic carbocycles. The van der Waals surface area contributed by atoms with Gasteiger partial charge in [-0.2, -0.15) is 5.10 Å². The molecule has 20 heavy (non-hydrogen) atoms. The maximum Gasteiger partial charge on any atom is 0.241 e. The van der Waals surface area contributed by atoms with E-state index in [2.05, 4.69) is 15.4 Å². The topological polar surface area (TPSA) is 62.5 Å². The molecule has 0 saturated carbocycles. The van der Waals surface area contributed by atoms with E-state index in [1.54, 1.807) is 29.0 Å². The first-order chi connectivity index (χ1) is 9.67. The van der Waals surface area contributed by atoms with Crippen molar-refractivity contribution in [3.8, 4) is 0 Å². The minimum absolute atomic E-state index is 0.0337. The summed E-state index contributed by atoms with van der Waals surface area (Å²) >= 11 is 6.17. The maximum atomic E-state index is 12.0. The summed E-state index contributed by atoms with van der Waals surface area (Å²) in [6.45, 7) is 2.72. The van der Waals surface area contributed by atoms with Crippen LogP contribution in [0.3, 0.4) is 0 Å². The van der Waals surface area contributed by atoms with Crippen molar-refractivity contribution in [2.75, 3.05) is 25.0 Å². The molecule has 1 aromatic rings. The van der Waals surface area contributed by atoms with Crippen LogP contribution in [0.1, 0.15) is 19.4 Å². The number of nitrogens with zero attached hydrogens (tertiary/aromatic N) is 4. The SMILES string of the molecule is CCN(C(=O)CNC)c1cn(C2C=NC=CC2)nc1Cl. The van der Waals surface area contributed by atoms with Crippen LogP contribution in [0.25, 0.3) is 0 Å². The second-order valence-corrected chi connectivity index (χ2v) is 4.80. The van der Waals surface area contributed by atoms with Crippen LogP contribution >= 0.6 is 11.6 Å². The summed E-state index contributed by atoms with van der Waals surface area (Å²) < 4.78 is 1.75. The quantitative estimate of drug-likeness (QED) is 0.898. The Morgan fingerprint density at radius 2 is 2.45 bits per heavy atom. The lowest BCUT2D eigenvalue weighted by Crippen LogP contribution is -2.37. The molecule has 0 spiro atoms. The Morgan fingerprint density at radius 1 is 1.65 bits per heavy atom. The molecule has 0 fully saturated rings. The second-order valence-electron chi connectivity index (χ2n) is 4.44. The molecule has 2 heterocycles. The van der Waals surface area contributed by atoms with Gasteiger partial charge in [0.2, 0.25) is 5.91 Å². The zero-order chi connectivity index (χ0) is 14.5. The number of rotatable bonds is 5. The number of carbonyl (C=O) groups excluding carboxylic acids is 1. The van der Waals surface area contributed by atoms with E-state index in [-0.39, 0.29) is 18.5 Å². The molecule has 1 aromatic heterocycles. The molecule has 1 aliphatic heterocycles. The number of aromatic nitrogens is 2. The van der Waals surface area contributed by atoms with Gasteiger partial charge in [0.15, 0.2) is 5.15 Å². The lowest BCUT2D eigenvalue weighted by Gasteiger charge is -2.19. The summed E-state index contributed by atoms with van der Waals surface area (Å²) in [6.07, 6.45) is 8.17. The van der Waals surface area contributed by atoms with Crippen molar-refractivity contribution < 1.29 is 4.79 Å². The third-order valence-corrected chi connectivity index (χ3v) is 3.34. The first kappa shape index (κ1) is 14.7. The first-order valence-corrected chi connectivity index (χ1v) is 6.93. The van der Waals surface area contributed by atoms with Gasteiger partial charge in [-0.3, -0.25) is 14.5 Å². The number of likely N-dealkylation sites (N-methyl/N-ethyl adjacent to an activating group) is 2. The van der Waals surface area contributed by atoms with Gasteiger partial charge in [0.25, 0.3) is 0 Å². The van der Waals surface area contributed by atoms with Crippen molar-refractivity contribution in [3.05, 3.63) is 23.6 Å². The van der Waals surface area contributed by atoms with Crippen LogP contribution in [0.2, 0.25) is 5.15 Å². The van der Waals surface area contributed by atoms with Gasteiger partial charge in [-0.15, -0.1) is 0 Å². The highest BCUT2D eigenvalue weighted by Crippen LogP contribution is 2.27. The van der Waals surface area contributed by atoms with Crippen LogP contribution in [-0.4, -0.2) is 42.0 Å². The standard InChI is InChI=1S/C13H18ClN5O/c1-3-18(12(20)8-15-2)11-9-19(17-13(11)14)10-5-4-6-16-7-10/h4,6-7,9-10,15H,3,5,8H2,1-2H3. The number of carbonyl (C=O) groups is 1.